The number of nitrogens with one attached hydrogen (secondary N) is 1. The first-order chi connectivity index (χ1) is 4.55. The fourth-order valence-electron chi connectivity index (χ4n) is 0.771. The Kier molecular flexibility index (Phi) is 3.76. The van der Waals surface area contributed by atoms with E-state index in [1.807, 2.05) is 0 Å². The normalized spacial score (nSPS) is 19.2. The molecule has 0 atom stereocenters. The van der Waals surface area contributed by atoms with Crippen LogP contribution in [-0.2, 0) is 10.0 Å². The molecule has 0 aromatic carbocycles. The van der Waals surface area contributed by atoms with Crippen molar-refractivity contribution in [3.63, 3.8) is 0 Å². The van der Waals surface area contributed by atoms with E-state index in [1.54, 1.807) is 14.1 Å². The molecule has 1 rings (SSSR count). The van der Waals surface area contributed by atoms with Gasteiger partial charge in [0.25, 0.3) is 0 Å². The van der Waals surface area contributed by atoms with Gasteiger partial charge in [-0.1, -0.05) is 0 Å². The SMILES string of the molecule is CN(C)S(=O)(=O)C1CNC1.Cl. The molecule has 0 amide bonds. The van der Waals surface area contributed by atoms with Gasteiger partial charge < -0.3 is 5.32 Å². The number of rotatable bonds is 2. The maximum Gasteiger partial charge on any atom is 0.218 e. The Labute approximate surface area is 73.4 Å². The summed E-state index contributed by atoms with van der Waals surface area (Å²) in [5.41, 5.74) is 0. The first-order valence-electron chi connectivity index (χ1n) is 3.17. The van der Waals surface area contributed by atoms with Crippen molar-refractivity contribution < 1.29 is 8.42 Å². The molecule has 4 nitrogen and oxygen atoms in total. The van der Waals surface area contributed by atoms with Gasteiger partial charge in [0.05, 0.1) is 0 Å². The van der Waals surface area contributed by atoms with Crippen LogP contribution in [0.2, 0.25) is 0 Å². The molecule has 0 aliphatic carbocycles. The van der Waals surface area contributed by atoms with Crippen LogP contribution >= 0.6 is 12.4 Å². The highest BCUT2D eigenvalue weighted by Gasteiger charge is 2.32. The van der Waals surface area contributed by atoms with E-state index >= 15 is 0 Å². The smallest absolute Gasteiger partial charge is 0.218 e. The molecular weight excluding hydrogens is 188 g/mol. The zero-order chi connectivity index (χ0) is 7.78. The van der Waals surface area contributed by atoms with Gasteiger partial charge in [-0.3, -0.25) is 0 Å². The van der Waals surface area contributed by atoms with E-state index in [-0.39, 0.29) is 17.7 Å². The monoisotopic (exact) mass is 200 g/mol. The quantitative estimate of drug-likeness (QED) is 0.640. The van der Waals surface area contributed by atoms with Crippen LogP contribution in [-0.4, -0.2) is 45.2 Å². The molecule has 1 N–H and O–H groups in total. The molecule has 1 heterocycles. The minimum Gasteiger partial charge on any atom is -0.314 e. The third-order valence-corrected chi connectivity index (χ3v) is 3.87. The lowest BCUT2D eigenvalue weighted by Crippen LogP contribution is -2.54. The van der Waals surface area contributed by atoms with E-state index < -0.39 is 10.0 Å². The summed E-state index contributed by atoms with van der Waals surface area (Å²) in [6.07, 6.45) is 0. The number of halogens is 1. The Balaban J connectivity index is 0.000001000. The lowest BCUT2D eigenvalue weighted by molar-refractivity contribution is 0.453. The molecule has 0 aromatic heterocycles. The number of hydrogen-bond donors (Lipinski definition) is 1. The minimum absolute atomic E-state index is 0. The van der Waals surface area contributed by atoms with E-state index in [1.165, 1.54) is 4.31 Å². The molecule has 68 valence electrons. The van der Waals surface area contributed by atoms with E-state index in [2.05, 4.69) is 5.32 Å². The number of nitrogens with zero attached hydrogens (tertiary/aromatic N) is 1. The van der Waals surface area contributed by atoms with Crippen LogP contribution in [0.4, 0.5) is 0 Å². The summed E-state index contributed by atoms with van der Waals surface area (Å²) in [5, 5.41) is 2.72. The standard InChI is InChI=1S/C5H12N2O2S.ClH/c1-7(2)10(8,9)5-3-6-4-5;/h5-6H,3-4H2,1-2H3;1H. The zero-order valence-electron chi connectivity index (χ0n) is 6.57. The van der Waals surface area contributed by atoms with E-state index in [0.29, 0.717) is 13.1 Å². The highest BCUT2D eigenvalue weighted by molar-refractivity contribution is 7.89. The van der Waals surface area contributed by atoms with Gasteiger partial charge in [0, 0.05) is 27.2 Å². The highest BCUT2D eigenvalue weighted by Crippen LogP contribution is 2.08. The summed E-state index contributed by atoms with van der Waals surface area (Å²) in [5.74, 6) is 0. The molecule has 6 heteroatoms. The predicted molar refractivity (Wildman–Crippen MR) is 46.5 cm³/mol. The van der Waals surface area contributed by atoms with Crippen LogP contribution in [0.1, 0.15) is 0 Å². The Morgan fingerprint density at radius 3 is 1.91 bits per heavy atom. The van der Waals surface area contributed by atoms with Crippen molar-refractivity contribution in [2.75, 3.05) is 27.2 Å². The van der Waals surface area contributed by atoms with Gasteiger partial charge in [0.2, 0.25) is 10.0 Å². The van der Waals surface area contributed by atoms with Crippen LogP contribution in [0.3, 0.4) is 0 Å². The van der Waals surface area contributed by atoms with Gasteiger partial charge in [-0.25, -0.2) is 12.7 Å². The van der Waals surface area contributed by atoms with Gasteiger partial charge in [0.15, 0.2) is 0 Å². The van der Waals surface area contributed by atoms with Gasteiger partial charge in [0.1, 0.15) is 5.25 Å². The Hall–Kier alpha value is 0.160. The van der Waals surface area contributed by atoms with E-state index in [0.717, 1.165) is 0 Å². The second-order valence-corrected chi connectivity index (χ2v) is 5.03. The van der Waals surface area contributed by atoms with Crippen molar-refractivity contribution in [3.8, 4) is 0 Å². The van der Waals surface area contributed by atoms with Crippen LogP contribution in [0.5, 0.6) is 0 Å². The fraction of sp³-hybridized carbons (Fsp3) is 1.00. The maximum atomic E-state index is 11.2. The van der Waals surface area contributed by atoms with Crippen molar-refractivity contribution in [2.45, 2.75) is 5.25 Å². The first-order valence-corrected chi connectivity index (χ1v) is 4.67. The molecule has 1 aliphatic rings. The largest absolute Gasteiger partial charge is 0.314 e. The third-order valence-electron chi connectivity index (χ3n) is 1.67. The minimum atomic E-state index is -2.97. The zero-order valence-corrected chi connectivity index (χ0v) is 8.20. The van der Waals surface area contributed by atoms with Crippen LogP contribution in [0.25, 0.3) is 0 Å². The Morgan fingerprint density at radius 2 is 1.82 bits per heavy atom. The molecule has 0 bridgehead atoms. The third kappa shape index (κ3) is 2.05. The average molecular weight is 201 g/mol. The van der Waals surface area contributed by atoms with Crippen molar-refractivity contribution in [1.29, 1.82) is 0 Å². The van der Waals surface area contributed by atoms with Crippen molar-refractivity contribution in [2.24, 2.45) is 0 Å². The highest BCUT2D eigenvalue weighted by atomic mass is 35.5. The van der Waals surface area contributed by atoms with E-state index in [4.69, 9.17) is 0 Å². The molecular formula is C5H13ClN2O2S. The maximum absolute atomic E-state index is 11.2. The first kappa shape index (κ1) is 11.2. The van der Waals surface area contributed by atoms with Gasteiger partial charge in [-0.15, -0.1) is 12.4 Å². The second kappa shape index (κ2) is 3.71. The molecule has 0 aromatic rings. The molecule has 1 aliphatic heterocycles. The predicted octanol–water partition coefficient (Wildman–Crippen LogP) is -0.729. The Bertz CT molecular complexity index is 211. The second-order valence-electron chi connectivity index (χ2n) is 2.61. The molecule has 0 unspecified atom stereocenters. The van der Waals surface area contributed by atoms with Gasteiger partial charge >= 0.3 is 0 Å². The molecule has 1 fully saturated rings. The van der Waals surface area contributed by atoms with Gasteiger partial charge in [-0.05, 0) is 0 Å². The molecule has 0 saturated carbocycles. The Morgan fingerprint density at radius 1 is 1.36 bits per heavy atom. The lowest BCUT2D eigenvalue weighted by atomic mass is 10.3. The number of hydrogen-bond acceptors (Lipinski definition) is 3. The van der Waals surface area contributed by atoms with Crippen molar-refractivity contribution in [3.05, 3.63) is 0 Å². The molecule has 11 heavy (non-hydrogen) atoms. The number of sulfonamides is 1. The van der Waals surface area contributed by atoms with Crippen LogP contribution in [0.15, 0.2) is 0 Å². The van der Waals surface area contributed by atoms with Crippen molar-refractivity contribution >= 4 is 22.4 Å². The summed E-state index contributed by atoms with van der Waals surface area (Å²) < 4.78 is 23.7. The molecule has 1 saturated heterocycles. The summed E-state index contributed by atoms with van der Waals surface area (Å²) in [7, 11) is 0.157. The summed E-state index contributed by atoms with van der Waals surface area (Å²) >= 11 is 0. The lowest BCUT2D eigenvalue weighted by Gasteiger charge is -2.29. The summed E-state index contributed by atoms with van der Waals surface area (Å²) in [6, 6.07) is 0. The van der Waals surface area contributed by atoms with Crippen LogP contribution in [0, 0.1) is 0 Å². The van der Waals surface area contributed by atoms with Crippen molar-refractivity contribution in [1.82, 2.24) is 9.62 Å². The fourth-order valence-corrected chi connectivity index (χ4v) is 2.02. The van der Waals surface area contributed by atoms with Gasteiger partial charge in [-0.2, -0.15) is 0 Å². The molecule has 0 spiro atoms. The summed E-state index contributed by atoms with van der Waals surface area (Å²) in [6.45, 7) is 1.20. The molecule has 0 radical (unpaired) electrons. The average Bonchev–Trinajstić information content (AvgIpc) is 1.57. The van der Waals surface area contributed by atoms with Crippen LogP contribution < -0.4 is 5.32 Å². The topological polar surface area (TPSA) is 49.4 Å². The van der Waals surface area contributed by atoms with E-state index in [9.17, 15) is 8.42 Å². The summed E-state index contributed by atoms with van der Waals surface area (Å²) in [4.78, 5) is 0.